The number of benzene rings is 2. The third-order valence-corrected chi connectivity index (χ3v) is 4.72. The molecule has 142 valence electrons. The number of hydrogen-bond acceptors (Lipinski definition) is 5. The molecule has 2 heterocycles. The molecular weight excluding hydrogens is 356 g/mol. The van der Waals surface area contributed by atoms with Crippen molar-refractivity contribution in [2.75, 3.05) is 18.1 Å². The molecule has 0 saturated carbocycles. The minimum Gasteiger partial charge on any atom is -0.492 e. The summed E-state index contributed by atoms with van der Waals surface area (Å²) in [5.74, 6) is -0.0523. The number of pyridine rings is 1. The number of nitrogens with zero attached hydrogens (tertiary/aromatic N) is 2. The first-order chi connectivity index (χ1) is 13.7. The molecule has 1 fully saturated rings. The summed E-state index contributed by atoms with van der Waals surface area (Å²) in [5.41, 5.74) is 1.30. The van der Waals surface area contributed by atoms with E-state index < -0.39 is 11.9 Å². The number of carbonyl (C=O) groups excluding carboxylic acids is 2. The van der Waals surface area contributed by atoms with Crippen LogP contribution in [0, 0.1) is 5.92 Å². The first-order valence-corrected chi connectivity index (χ1v) is 9.25. The van der Waals surface area contributed by atoms with Gasteiger partial charge in [-0.1, -0.05) is 30.3 Å². The van der Waals surface area contributed by atoms with Crippen molar-refractivity contribution < 1.29 is 19.1 Å². The number of fused-ring (bicyclic) bond motifs is 1. The fourth-order valence-corrected chi connectivity index (χ4v) is 3.41. The molecule has 1 atom stereocenters. The molecule has 28 heavy (non-hydrogen) atoms. The van der Waals surface area contributed by atoms with Crippen molar-refractivity contribution in [1.29, 1.82) is 0 Å². The molecule has 0 N–H and O–H groups in total. The average molecular weight is 376 g/mol. The third-order valence-electron chi connectivity index (χ3n) is 4.72. The van der Waals surface area contributed by atoms with Crippen LogP contribution in [0.3, 0.4) is 0 Å². The van der Waals surface area contributed by atoms with Gasteiger partial charge >= 0.3 is 5.97 Å². The van der Waals surface area contributed by atoms with E-state index in [9.17, 15) is 9.59 Å². The number of rotatable bonds is 5. The maximum absolute atomic E-state index is 12.7. The van der Waals surface area contributed by atoms with Crippen molar-refractivity contribution in [3.05, 3.63) is 60.8 Å². The SMILES string of the molecule is CCOc1ccccc1N1C[C@@H](C(=O)Oc2cccc3cccnc23)CC1=O. The Balaban J connectivity index is 1.53. The highest BCUT2D eigenvalue weighted by Crippen LogP contribution is 2.34. The van der Waals surface area contributed by atoms with Crippen molar-refractivity contribution in [2.24, 2.45) is 5.92 Å². The van der Waals surface area contributed by atoms with Crippen LogP contribution < -0.4 is 14.4 Å². The molecule has 0 aliphatic carbocycles. The fourth-order valence-electron chi connectivity index (χ4n) is 3.41. The Labute approximate surface area is 162 Å². The van der Waals surface area contributed by atoms with E-state index in [0.717, 1.165) is 5.39 Å². The predicted octanol–water partition coefficient (Wildman–Crippen LogP) is 3.59. The number of para-hydroxylation sites is 3. The van der Waals surface area contributed by atoms with E-state index in [1.54, 1.807) is 17.2 Å². The van der Waals surface area contributed by atoms with Crippen LogP contribution in [0.15, 0.2) is 60.8 Å². The third kappa shape index (κ3) is 3.41. The van der Waals surface area contributed by atoms with Crippen LogP contribution in [-0.4, -0.2) is 30.0 Å². The van der Waals surface area contributed by atoms with Gasteiger partial charge in [0, 0.05) is 24.5 Å². The lowest BCUT2D eigenvalue weighted by molar-refractivity contribution is -0.139. The zero-order valence-corrected chi connectivity index (χ0v) is 15.5. The Morgan fingerprint density at radius 3 is 2.75 bits per heavy atom. The first kappa shape index (κ1) is 18.0. The molecule has 3 aromatic rings. The Bertz CT molecular complexity index is 1030. The predicted molar refractivity (Wildman–Crippen MR) is 105 cm³/mol. The highest BCUT2D eigenvalue weighted by Gasteiger charge is 2.37. The van der Waals surface area contributed by atoms with E-state index in [-0.39, 0.29) is 18.9 Å². The molecule has 6 nitrogen and oxygen atoms in total. The van der Waals surface area contributed by atoms with Crippen molar-refractivity contribution >= 4 is 28.5 Å². The van der Waals surface area contributed by atoms with Crippen LogP contribution in [-0.2, 0) is 9.59 Å². The molecule has 1 saturated heterocycles. The van der Waals surface area contributed by atoms with Gasteiger partial charge in [-0.25, -0.2) is 0 Å². The molecule has 0 bridgehead atoms. The van der Waals surface area contributed by atoms with E-state index in [4.69, 9.17) is 9.47 Å². The van der Waals surface area contributed by atoms with Gasteiger partial charge in [0.15, 0.2) is 5.75 Å². The van der Waals surface area contributed by atoms with Crippen molar-refractivity contribution in [3.63, 3.8) is 0 Å². The van der Waals surface area contributed by atoms with Gasteiger partial charge < -0.3 is 14.4 Å². The van der Waals surface area contributed by atoms with Gasteiger partial charge in [0.1, 0.15) is 11.3 Å². The van der Waals surface area contributed by atoms with E-state index in [1.165, 1.54) is 0 Å². The number of aromatic nitrogens is 1. The van der Waals surface area contributed by atoms with Crippen LogP contribution >= 0.6 is 0 Å². The lowest BCUT2D eigenvalue weighted by atomic mass is 10.1. The summed E-state index contributed by atoms with van der Waals surface area (Å²) in [6, 6.07) is 16.5. The second kappa shape index (κ2) is 7.68. The highest BCUT2D eigenvalue weighted by molar-refractivity contribution is 6.01. The van der Waals surface area contributed by atoms with Crippen LogP contribution in [0.1, 0.15) is 13.3 Å². The largest absolute Gasteiger partial charge is 0.492 e. The second-order valence-corrected chi connectivity index (χ2v) is 6.56. The monoisotopic (exact) mass is 376 g/mol. The molecule has 4 rings (SSSR count). The van der Waals surface area contributed by atoms with Crippen LogP contribution in [0.2, 0.25) is 0 Å². The summed E-state index contributed by atoms with van der Waals surface area (Å²) in [7, 11) is 0. The number of anilines is 1. The van der Waals surface area contributed by atoms with Crippen LogP contribution in [0.5, 0.6) is 11.5 Å². The Kier molecular flexibility index (Phi) is 4.93. The molecule has 1 amide bonds. The van der Waals surface area contributed by atoms with Crippen LogP contribution in [0.4, 0.5) is 5.69 Å². The summed E-state index contributed by atoms with van der Waals surface area (Å²) in [4.78, 5) is 31.2. The standard InChI is InChI=1S/C22H20N2O4/c1-2-27-18-10-4-3-9-17(18)24-14-16(13-20(24)25)22(26)28-19-11-5-7-15-8-6-12-23-21(15)19/h3-12,16H,2,13-14H2,1H3/t16-/m0/s1. The number of amides is 1. The minimum absolute atomic E-state index is 0.109. The summed E-state index contributed by atoms with van der Waals surface area (Å²) in [6.07, 6.45) is 1.77. The molecule has 0 radical (unpaired) electrons. The lowest BCUT2D eigenvalue weighted by Gasteiger charge is -2.20. The molecule has 0 unspecified atom stereocenters. The zero-order valence-electron chi connectivity index (χ0n) is 15.5. The lowest BCUT2D eigenvalue weighted by Crippen LogP contribution is -2.27. The van der Waals surface area contributed by atoms with Gasteiger partial charge in [-0.05, 0) is 31.2 Å². The second-order valence-electron chi connectivity index (χ2n) is 6.56. The smallest absolute Gasteiger partial charge is 0.316 e. The Hall–Kier alpha value is -3.41. The maximum Gasteiger partial charge on any atom is 0.316 e. The van der Waals surface area contributed by atoms with E-state index in [0.29, 0.717) is 29.3 Å². The van der Waals surface area contributed by atoms with Gasteiger partial charge in [-0.3, -0.25) is 14.6 Å². The van der Waals surface area contributed by atoms with Crippen LogP contribution in [0.25, 0.3) is 10.9 Å². The summed E-state index contributed by atoms with van der Waals surface area (Å²) >= 11 is 0. The molecule has 0 spiro atoms. The van der Waals surface area contributed by atoms with Gasteiger partial charge in [-0.2, -0.15) is 0 Å². The van der Waals surface area contributed by atoms with E-state index in [1.807, 2.05) is 55.5 Å². The maximum atomic E-state index is 12.7. The Morgan fingerprint density at radius 2 is 1.89 bits per heavy atom. The highest BCUT2D eigenvalue weighted by atomic mass is 16.5. The molecule has 6 heteroatoms. The van der Waals surface area contributed by atoms with Gasteiger partial charge in [0.05, 0.1) is 18.2 Å². The van der Waals surface area contributed by atoms with Crippen molar-refractivity contribution in [1.82, 2.24) is 4.98 Å². The Morgan fingerprint density at radius 1 is 1.11 bits per heavy atom. The number of ether oxygens (including phenoxy) is 2. The number of esters is 1. The molecule has 2 aromatic carbocycles. The zero-order chi connectivity index (χ0) is 19.5. The van der Waals surface area contributed by atoms with E-state index in [2.05, 4.69) is 4.98 Å². The van der Waals surface area contributed by atoms with Crippen molar-refractivity contribution in [2.45, 2.75) is 13.3 Å². The minimum atomic E-state index is -0.541. The van der Waals surface area contributed by atoms with E-state index >= 15 is 0 Å². The normalized spacial score (nSPS) is 16.4. The average Bonchev–Trinajstić information content (AvgIpc) is 3.11. The number of carbonyl (C=O) groups is 2. The molecule has 1 aliphatic heterocycles. The van der Waals surface area contributed by atoms with Crippen molar-refractivity contribution in [3.8, 4) is 11.5 Å². The summed E-state index contributed by atoms with van der Waals surface area (Å²) in [5, 5.41) is 0.891. The van der Waals surface area contributed by atoms with Gasteiger partial charge in [0.2, 0.25) is 5.91 Å². The van der Waals surface area contributed by atoms with Gasteiger partial charge in [0.25, 0.3) is 0 Å². The number of hydrogen-bond donors (Lipinski definition) is 0. The van der Waals surface area contributed by atoms with Gasteiger partial charge in [-0.15, -0.1) is 0 Å². The molecule has 1 aromatic heterocycles. The molecule has 1 aliphatic rings. The molecular formula is C22H20N2O4. The summed E-state index contributed by atoms with van der Waals surface area (Å²) in [6.45, 7) is 2.65. The quantitative estimate of drug-likeness (QED) is 0.503. The summed E-state index contributed by atoms with van der Waals surface area (Å²) < 4.78 is 11.2. The fraction of sp³-hybridized carbons (Fsp3) is 0.227. The topological polar surface area (TPSA) is 68.7 Å². The first-order valence-electron chi connectivity index (χ1n) is 9.25.